The number of amides is 1. The van der Waals surface area contributed by atoms with Crippen LogP contribution in [0.5, 0.6) is 5.75 Å². The minimum absolute atomic E-state index is 0.00835. The van der Waals surface area contributed by atoms with Gasteiger partial charge in [0, 0.05) is 19.6 Å². The number of hydrogen-bond donors (Lipinski definition) is 1. The molecule has 2 heterocycles. The lowest BCUT2D eigenvalue weighted by Crippen LogP contribution is -2.50. The lowest BCUT2D eigenvalue weighted by atomic mass is 9.73. The number of carbonyl (C=O) groups excluding carboxylic acids is 1. The fraction of sp³-hybridized carbons (Fsp3) is 0.381. The molecule has 2 aromatic carbocycles. The van der Waals surface area contributed by atoms with Crippen molar-refractivity contribution in [3.63, 3.8) is 0 Å². The largest absolute Gasteiger partial charge is 0.488 e. The number of ether oxygens (including phenoxy) is 2. The minimum Gasteiger partial charge on any atom is -0.488 e. The van der Waals surface area contributed by atoms with Gasteiger partial charge in [0.05, 0.1) is 12.0 Å². The van der Waals surface area contributed by atoms with Gasteiger partial charge in [-0.25, -0.2) is 0 Å². The second kappa shape index (κ2) is 6.89. The fourth-order valence-corrected chi connectivity index (χ4v) is 3.87. The van der Waals surface area contributed by atoms with Crippen LogP contribution in [0, 0.1) is 0 Å². The van der Waals surface area contributed by atoms with Crippen molar-refractivity contribution in [3.05, 3.63) is 65.7 Å². The zero-order valence-electron chi connectivity index (χ0n) is 14.2. The smallest absolute Gasteiger partial charge is 0.230 e. The number of fused-ring (bicyclic) bond motifs is 1. The van der Waals surface area contributed by atoms with E-state index in [1.807, 2.05) is 48.5 Å². The molecule has 130 valence electrons. The summed E-state index contributed by atoms with van der Waals surface area (Å²) in [6.07, 6.45) is 2.29. The molecule has 4 heteroatoms. The van der Waals surface area contributed by atoms with Crippen LogP contribution < -0.4 is 10.1 Å². The second-order valence-electron chi connectivity index (χ2n) is 6.82. The molecule has 0 aromatic heterocycles. The molecule has 0 spiro atoms. The Bertz CT molecular complexity index is 713. The van der Waals surface area contributed by atoms with Crippen LogP contribution in [0.3, 0.4) is 0 Å². The molecule has 2 aliphatic rings. The Morgan fingerprint density at radius 2 is 1.76 bits per heavy atom. The zero-order chi connectivity index (χ0) is 17.1. The van der Waals surface area contributed by atoms with Crippen molar-refractivity contribution >= 4 is 5.91 Å². The topological polar surface area (TPSA) is 47.6 Å². The van der Waals surface area contributed by atoms with Gasteiger partial charge in [-0.2, -0.15) is 0 Å². The Morgan fingerprint density at radius 1 is 1.04 bits per heavy atom. The van der Waals surface area contributed by atoms with Crippen LogP contribution >= 0.6 is 0 Å². The van der Waals surface area contributed by atoms with Crippen LogP contribution in [-0.2, 0) is 21.4 Å². The van der Waals surface area contributed by atoms with E-state index in [4.69, 9.17) is 9.47 Å². The highest BCUT2D eigenvalue weighted by Gasteiger charge is 2.41. The molecule has 0 saturated carbocycles. The van der Waals surface area contributed by atoms with Gasteiger partial charge in [0.2, 0.25) is 5.91 Å². The molecule has 1 saturated heterocycles. The van der Waals surface area contributed by atoms with Crippen molar-refractivity contribution in [1.82, 2.24) is 5.32 Å². The van der Waals surface area contributed by atoms with Crippen LogP contribution in [0.15, 0.2) is 54.6 Å². The molecule has 4 rings (SSSR count). The monoisotopic (exact) mass is 337 g/mol. The number of hydrogen-bond acceptors (Lipinski definition) is 3. The lowest BCUT2D eigenvalue weighted by Gasteiger charge is -2.36. The van der Waals surface area contributed by atoms with E-state index < -0.39 is 5.41 Å². The molecule has 0 aliphatic carbocycles. The maximum Gasteiger partial charge on any atom is 0.230 e. The van der Waals surface area contributed by atoms with Crippen LogP contribution in [0.4, 0.5) is 0 Å². The molecule has 4 nitrogen and oxygen atoms in total. The van der Waals surface area contributed by atoms with Crippen LogP contribution in [0.25, 0.3) is 0 Å². The number of nitrogens with one attached hydrogen (secondary N) is 1. The third-order valence-corrected chi connectivity index (χ3v) is 5.31. The van der Waals surface area contributed by atoms with E-state index >= 15 is 0 Å². The van der Waals surface area contributed by atoms with Crippen molar-refractivity contribution in [1.29, 1.82) is 0 Å². The van der Waals surface area contributed by atoms with E-state index in [1.165, 1.54) is 5.56 Å². The highest BCUT2D eigenvalue weighted by molar-refractivity contribution is 5.88. The molecule has 2 aliphatic heterocycles. The van der Waals surface area contributed by atoms with E-state index in [-0.39, 0.29) is 12.0 Å². The normalized spacial score (nSPS) is 21.2. The fourth-order valence-electron chi connectivity index (χ4n) is 3.87. The molecular formula is C21H23NO3. The van der Waals surface area contributed by atoms with Crippen molar-refractivity contribution in [3.8, 4) is 5.75 Å². The summed E-state index contributed by atoms with van der Waals surface area (Å²) < 4.78 is 11.5. The maximum absolute atomic E-state index is 13.1. The number of para-hydroxylation sites is 1. The van der Waals surface area contributed by atoms with Crippen molar-refractivity contribution in [2.75, 3.05) is 19.8 Å². The maximum atomic E-state index is 13.1. The first kappa shape index (κ1) is 16.2. The predicted molar refractivity (Wildman–Crippen MR) is 95.7 cm³/mol. The van der Waals surface area contributed by atoms with Gasteiger partial charge >= 0.3 is 0 Å². The zero-order valence-corrected chi connectivity index (χ0v) is 14.2. The molecular weight excluding hydrogens is 314 g/mol. The molecule has 1 atom stereocenters. The third-order valence-electron chi connectivity index (χ3n) is 5.31. The van der Waals surface area contributed by atoms with Gasteiger partial charge in [0.15, 0.2) is 0 Å². The van der Waals surface area contributed by atoms with Crippen LogP contribution in [-0.4, -0.2) is 31.8 Å². The van der Waals surface area contributed by atoms with E-state index in [9.17, 15) is 4.79 Å². The molecule has 25 heavy (non-hydrogen) atoms. The predicted octanol–water partition coefficient (Wildman–Crippen LogP) is 2.85. The number of benzene rings is 2. The highest BCUT2D eigenvalue weighted by atomic mass is 16.5. The van der Waals surface area contributed by atoms with Gasteiger partial charge in [0.1, 0.15) is 11.9 Å². The summed E-state index contributed by atoms with van der Waals surface area (Å²) >= 11 is 0. The quantitative estimate of drug-likeness (QED) is 0.933. The molecule has 0 bridgehead atoms. The van der Waals surface area contributed by atoms with E-state index in [0.29, 0.717) is 32.6 Å². The summed E-state index contributed by atoms with van der Waals surface area (Å²) in [5.74, 6) is 1.02. The summed E-state index contributed by atoms with van der Waals surface area (Å²) in [6.45, 7) is 1.77. The average Bonchev–Trinajstić information content (AvgIpc) is 3.10. The Balaban J connectivity index is 1.45. The number of rotatable bonds is 4. The van der Waals surface area contributed by atoms with Crippen LogP contribution in [0.2, 0.25) is 0 Å². The van der Waals surface area contributed by atoms with Gasteiger partial charge < -0.3 is 14.8 Å². The molecule has 1 amide bonds. The summed E-state index contributed by atoms with van der Waals surface area (Å²) in [4.78, 5) is 13.1. The average molecular weight is 337 g/mol. The van der Waals surface area contributed by atoms with Gasteiger partial charge in [-0.15, -0.1) is 0 Å². The SMILES string of the molecule is O=C(NC[C@H]1Cc2ccccc2O1)C1(c2ccccc2)CCOCC1. The van der Waals surface area contributed by atoms with Crippen molar-refractivity contribution in [2.45, 2.75) is 30.8 Å². The Morgan fingerprint density at radius 3 is 2.52 bits per heavy atom. The Labute approximate surface area is 148 Å². The second-order valence-corrected chi connectivity index (χ2v) is 6.82. The minimum atomic E-state index is -0.495. The summed E-state index contributed by atoms with van der Waals surface area (Å²) in [7, 11) is 0. The van der Waals surface area contributed by atoms with Gasteiger partial charge in [-0.05, 0) is 30.0 Å². The van der Waals surface area contributed by atoms with Gasteiger partial charge in [-0.3, -0.25) is 4.79 Å². The summed E-state index contributed by atoms with van der Waals surface area (Å²) in [6, 6.07) is 18.1. The van der Waals surface area contributed by atoms with Crippen molar-refractivity contribution < 1.29 is 14.3 Å². The van der Waals surface area contributed by atoms with Crippen LogP contribution in [0.1, 0.15) is 24.0 Å². The first-order valence-corrected chi connectivity index (χ1v) is 8.94. The third kappa shape index (κ3) is 3.14. The Hall–Kier alpha value is -2.33. The molecule has 0 unspecified atom stereocenters. The molecule has 2 aromatic rings. The van der Waals surface area contributed by atoms with E-state index in [2.05, 4.69) is 11.4 Å². The van der Waals surface area contributed by atoms with Crippen molar-refractivity contribution in [2.24, 2.45) is 0 Å². The molecule has 0 radical (unpaired) electrons. The molecule has 1 fully saturated rings. The standard InChI is InChI=1S/C21H23NO3/c23-20(22-15-18-14-16-6-4-5-9-19(16)25-18)21(10-12-24-13-11-21)17-7-2-1-3-8-17/h1-9,18H,10-15H2,(H,22,23)/t18-/m1/s1. The summed E-state index contributed by atoms with van der Waals surface area (Å²) in [5.41, 5.74) is 1.79. The van der Waals surface area contributed by atoms with Gasteiger partial charge in [0.25, 0.3) is 0 Å². The van der Waals surface area contributed by atoms with E-state index in [0.717, 1.165) is 17.7 Å². The first-order chi connectivity index (χ1) is 12.3. The lowest BCUT2D eigenvalue weighted by molar-refractivity contribution is -0.130. The highest BCUT2D eigenvalue weighted by Crippen LogP contribution is 2.35. The number of carbonyl (C=O) groups is 1. The molecule has 1 N–H and O–H groups in total. The first-order valence-electron chi connectivity index (χ1n) is 8.94. The van der Waals surface area contributed by atoms with Gasteiger partial charge in [-0.1, -0.05) is 48.5 Å². The van der Waals surface area contributed by atoms with E-state index in [1.54, 1.807) is 0 Å². The summed E-state index contributed by atoms with van der Waals surface area (Å²) in [5, 5.41) is 3.15. The Kier molecular flexibility index (Phi) is 4.45.